The molecule has 0 radical (unpaired) electrons. The van der Waals surface area contributed by atoms with Crippen molar-refractivity contribution in [2.24, 2.45) is 7.05 Å². The molecule has 0 atom stereocenters. The summed E-state index contributed by atoms with van der Waals surface area (Å²) in [4.78, 5) is 23.9. The highest BCUT2D eigenvalue weighted by Gasteiger charge is 2.17. The number of hydrogen-bond acceptors (Lipinski definition) is 4. The number of unbranched alkanes of at least 4 members (excludes halogenated alkanes) is 2. The van der Waals surface area contributed by atoms with Gasteiger partial charge >= 0.3 is 0 Å². The Labute approximate surface area is 112 Å². The van der Waals surface area contributed by atoms with E-state index in [9.17, 15) is 9.59 Å². The molecule has 0 spiro atoms. The molecule has 106 valence electrons. The van der Waals surface area contributed by atoms with Gasteiger partial charge in [0.25, 0.3) is 11.5 Å². The van der Waals surface area contributed by atoms with E-state index in [0.29, 0.717) is 17.8 Å². The van der Waals surface area contributed by atoms with Gasteiger partial charge in [0.2, 0.25) is 0 Å². The van der Waals surface area contributed by atoms with E-state index in [2.05, 4.69) is 10.4 Å². The monoisotopic (exact) mass is 267 g/mol. The average Bonchev–Trinajstić information content (AvgIpc) is 2.36. The zero-order chi connectivity index (χ0) is 14.4. The summed E-state index contributed by atoms with van der Waals surface area (Å²) in [5.41, 5.74) is 1.08. The van der Waals surface area contributed by atoms with Crippen LogP contribution in [-0.4, -0.2) is 33.9 Å². The average molecular weight is 267 g/mol. The van der Waals surface area contributed by atoms with Crippen molar-refractivity contribution in [3.05, 3.63) is 27.2 Å². The SMILES string of the molecule is Cc1nn(C)c(=O)c(C(=O)NCCCCCO)c1C. The molecular formula is C13H21N3O3. The van der Waals surface area contributed by atoms with E-state index in [1.54, 1.807) is 13.8 Å². The Morgan fingerprint density at radius 1 is 1.32 bits per heavy atom. The van der Waals surface area contributed by atoms with E-state index >= 15 is 0 Å². The summed E-state index contributed by atoms with van der Waals surface area (Å²) in [6.45, 7) is 4.16. The summed E-state index contributed by atoms with van der Waals surface area (Å²) in [6, 6.07) is 0. The molecule has 0 saturated carbocycles. The van der Waals surface area contributed by atoms with Crippen LogP contribution >= 0.6 is 0 Å². The van der Waals surface area contributed by atoms with Crippen molar-refractivity contribution < 1.29 is 9.90 Å². The molecule has 0 fully saturated rings. The summed E-state index contributed by atoms with van der Waals surface area (Å²) in [5, 5.41) is 15.4. The third-order valence-electron chi connectivity index (χ3n) is 3.07. The summed E-state index contributed by atoms with van der Waals surface area (Å²) >= 11 is 0. The van der Waals surface area contributed by atoms with Crippen molar-refractivity contribution in [3.63, 3.8) is 0 Å². The third-order valence-corrected chi connectivity index (χ3v) is 3.07. The van der Waals surface area contributed by atoms with Crippen LogP contribution in [-0.2, 0) is 7.05 Å². The lowest BCUT2D eigenvalue weighted by Crippen LogP contribution is -2.35. The number of aliphatic hydroxyl groups excluding tert-OH is 1. The number of aliphatic hydroxyl groups is 1. The second-order valence-electron chi connectivity index (χ2n) is 4.55. The number of amides is 1. The van der Waals surface area contributed by atoms with Crippen LogP contribution in [0.4, 0.5) is 0 Å². The Bertz CT molecular complexity index is 509. The molecular weight excluding hydrogens is 246 g/mol. The van der Waals surface area contributed by atoms with Crippen molar-refractivity contribution in [2.75, 3.05) is 13.2 Å². The number of rotatable bonds is 6. The van der Waals surface area contributed by atoms with Crippen molar-refractivity contribution >= 4 is 5.91 Å². The normalized spacial score (nSPS) is 10.5. The first-order valence-corrected chi connectivity index (χ1v) is 6.42. The third kappa shape index (κ3) is 3.89. The smallest absolute Gasteiger partial charge is 0.279 e. The maximum Gasteiger partial charge on any atom is 0.279 e. The Morgan fingerprint density at radius 3 is 2.63 bits per heavy atom. The van der Waals surface area contributed by atoms with Crippen LogP contribution in [0.3, 0.4) is 0 Å². The van der Waals surface area contributed by atoms with Gasteiger partial charge in [-0.2, -0.15) is 5.10 Å². The van der Waals surface area contributed by atoms with Crippen molar-refractivity contribution in [3.8, 4) is 0 Å². The first-order chi connectivity index (χ1) is 8.99. The summed E-state index contributed by atoms with van der Waals surface area (Å²) in [5.74, 6) is -0.354. The number of aryl methyl sites for hydroxylation is 2. The number of carbonyl (C=O) groups is 1. The molecule has 0 aliphatic heterocycles. The quantitative estimate of drug-likeness (QED) is 0.726. The largest absolute Gasteiger partial charge is 0.396 e. The highest BCUT2D eigenvalue weighted by molar-refractivity contribution is 5.95. The number of carbonyl (C=O) groups excluding carboxylic acids is 1. The molecule has 19 heavy (non-hydrogen) atoms. The molecule has 1 aromatic rings. The first-order valence-electron chi connectivity index (χ1n) is 6.42. The van der Waals surface area contributed by atoms with Gasteiger partial charge in [0, 0.05) is 20.2 Å². The predicted molar refractivity (Wildman–Crippen MR) is 72.2 cm³/mol. The van der Waals surface area contributed by atoms with Gasteiger partial charge in [-0.05, 0) is 38.7 Å². The lowest BCUT2D eigenvalue weighted by Gasteiger charge is -2.10. The van der Waals surface area contributed by atoms with Gasteiger partial charge in [-0.3, -0.25) is 9.59 Å². The molecule has 0 aromatic carbocycles. The van der Waals surface area contributed by atoms with Crippen LogP contribution < -0.4 is 10.9 Å². The summed E-state index contributed by atoms with van der Waals surface area (Å²) in [6.07, 6.45) is 2.36. The van der Waals surface area contributed by atoms with Gasteiger partial charge < -0.3 is 10.4 Å². The van der Waals surface area contributed by atoms with E-state index in [1.807, 2.05) is 0 Å². The standard InChI is InChI=1S/C13H21N3O3/c1-9-10(2)15-16(3)13(19)11(9)12(18)14-7-5-4-6-8-17/h17H,4-8H2,1-3H3,(H,14,18). The highest BCUT2D eigenvalue weighted by atomic mass is 16.3. The molecule has 0 saturated heterocycles. The van der Waals surface area contributed by atoms with Crippen LogP contribution in [0.5, 0.6) is 0 Å². The number of aromatic nitrogens is 2. The lowest BCUT2D eigenvalue weighted by molar-refractivity contribution is 0.0949. The van der Waals surface area contributed by atoms with E-state index in [-0.39, 0.29) is 23.6 Å². The first kappa shape index (κ1) is 15.4. The van der Waals surface area contributed by atoms with Crippen LogP contribution in [0, 0.1) is 13.8 Å². The highest BCUT2D eigenvalue weighted by Crippen LogP contribution is 2.05. The second-order valence-corrected chi connectivity index (χ2v) is 4.55. The Hall–Kier alpha value is -1.69. The second kappa shape index (κ2) is 7.04. The van der Waals surface area contributed by atoms with E-state index < -0.39 is 0 Å². The van der Waals surface area contributed by atoms with Crippen molar-refractivity contribution in [2.45, 2.75) is 33.1 Å². The Balaban J connectivity index is 2.75. The van der Waals surface area contributed by atoms with E-state index in [0.717, 1.165) is 19.3 Å². The molecule has 6 heteroatoms. The van der Waals surface area contributed by atoms with Gasteiger partial charge in [-0.15, -0.1) is 0 Å². The van der Waals surface area contributed by atoms with Crippen LogP contribution in [0.25, 0.3) is 0 Å². The predicted octanol–water partition coefficient (Wildman–Crippen LogP) is 0.290. The van der Waals surface area contributed by atoms with Crippen molar-refractivity contribution in [1.82, 2.24) is 15.1 Å². The van der Waals surface area contributed by atoms with E-state index in [1.165, 1.54) is 11.7 Å². The molecule has 0 unspecified atom stereocenters. The Kier molecular flexibility index (Phi) is 5.69. The molecule has 2 N–H and O–H groups in total. The molecule has 1 amide bonds. The summed E-state index contributed by atoms with van der Waals surface area (Å²) in [7, 11) is 1.53. The fraction of sp³-hybridized carbons (Fsp3) is 0.615. The molecule has 0 aliphatic carbocycles. The van der Waals surface area contributed by atoms with Crippen LogP contribution in [0.2, 0.25) is 0 Å². The van der Waals surface area contributed by atoms with Gasteiger partial charge in [0.1, 0.15) is 5.56 Å². The van der Waals surface area contributed by atoms with Crippen molar-refractivity contribution in [1.29, 1.82) is 0 Å². The molecule has 1 heterocycles. The van der Waals surface area contributed by atoms with Gasteiger partial charge in [0.15, 0.2) is 0 Å². The topological polar surface area (TPSA) is 84.2 Å². The summed E-state index contributed by atoms with van der Waals surface area (Å²) < 4.78 is 1.18. The zero-order valence-electron chi connectivity index (χ0n) is 11.7. The maximum atomic E-state index is 12.0. The Morgan fingerprint density at radius 2 is 2.00 bits per heavy atom. The molecule has 0 aliphatic rings. The minimum absolute atomic E-state index is 0.164. The van der Waals surface area contributed by atoms with Crippen LogP contribution in [0.1, 0.15) is 40.9 Å². The van der Waals surface area contributed by atoms with Gasteiger partial charge in [-0.25, -0.2) is 4.68 Å². The fourth-order valence-electron chi connectivity index (χ4n) is 1.82. The van der Waals surface area contributed by atoms with E-state index in [4.69, 9.17) is 5.11 Å². The van der Waals surface area contributed by atoms with Gasteiger partial charge in [-0.1, -0.05) is 0 Å². The van der Waals surface area contributed by atoms with Gasteiger partial charge in [0.05, 0.1) is 5.69 Å². The number of nitrogens with zero attached hydrogens (tertiary/aromatic N) is 2. The molecule has 1 rings (SSSR count). The van der Waals surface area contributed by atoms with Crippen LogP contribution in [0.15, 0.2) is 4.79 Å². The minimum Gasteiger partial charge on any atom is -0.396 e. The molecule has 1 aromatic heterocycles. The maximum absolute atomic E-state index is 12.0. The molecule has 0 bridgehead atoms. The minimum atomic E-state index is -0.379. The number of hydrogen-bond donors (Lipinski definition) is 2. The lowest BCUT2D eigenvalue weighted by atomic mass is 10.1. The number of nitrogens with one attached hydrogen (secondary N) is 1. The zero-order valence-corrected chi connectivity index (χ0v) is 11.7. The molecule has 6 nitrogen and oxygen atoms in total. The fourth-order valence-corrected chi connectivity index (χ4v) is 1.82.